The van der Waals surface area contributed by atoms with E-state index in [9.17, 15) is 0 Å². The molecule has 1 aromatic rings. The summed E-state index contributed by atoms with van der Waals surface area (Å²) in [6.07, 6.45) is 3.51. The highest BCUT2D eigenvalue weighted by Gasteiger charge is 2.24. The van der Waals surface area contributed by atoms with Crippen molar-refractivity contribution in [2.75, 3.05) is 11.9 Å². The minimum atomic E-state index is 0.226. The van der Waals surface area contributed by atoms with E-state index in [1.165, 1.54) is 0 Å². The lowest BCUT2D eigenvalue weighted by Crippen LogP contribution is -2.39. The van der Waals surface area contributed by atoms with Crippen LogP contribution in [0.4, 0.5) is 5.82 Å². The molecule has 0 amide bonds. The number of aromatic nitrogens is 2. The van der Waals surface area contributed by atoms with Crippen LogP contribution in [0.5, 0.6) is 0 Å². The van der Waals surface area contributed by atoms with E-state index >= 15 is 0 Å². The van der Waals surface area contributed by atoms with E-state index in [0.717, 1.165) is 10.4 Å². The maximum absolute atomic E-state index is 4.33. The zero-order valence-electron chi connectivity index (χ0n) is 9.95. The van der Waals surface area contributed by atoms with Crippen LogP contribution in [-0.2, 0) is 0 Å². The molecule has 0 bridgehead atoms. The third-order valence-electron chi connectivity index (χ3n) is 2.80. The van der Waals surface area contributed by atoms with Crippen molar-refractivity contribution >= 4 is 21.7 Å². The molecule has 4 heteroatoms. The van der Waals surface area contributed by atoms with Crippen LogP contribution < -0.4 is 4.90 Å². The first-order valence-corrected chi connectivity index (χ1v) is 5.82. The predicted octanol–water partition coefficient (Wildman–Crippen LogP) is 3.11. The Balaban J connectivity index is 2.85. The van der Waals surface area contributed by atoms with Crippen LogP contribution in [0.15, 0.2) is 17.0 Å². The summed E-state index contributed by atoms with van der Waals surface area (Å²) in [4.78, 5) is 10.7. The van der Waals surface area contributed by atoms with Gasteiger partial charge < -0.3 is 4.90 Å². The SMILES string of the molecule is CC(N(C)c1cnc(Br)cn1)C(C)(C)C. The molecule has 0 fully saturated rings. The summed E-state index contributed by atoms with van der Waals surface area (Å²) in [5.74, 6) is 0.903. The molecule has 0 aliphatic heterocycles. The number of halogens is 1. The van der Waals surface area contributed by atoms with Crippen LogP contribution in [0, 0.1) is 5.41 Å². The van der Waals surface area contributed by atoms with Crippen molar-refractivity contribution in [1.82, 2.24) is 9.97 Å². The van der Waals surface area contributed by atoms with Gasteiger partial charge in [-0.2, -0.15) is 0 Å². The Bertz CT molecular complexity index is 316. The third-order valence-corrected chi connectivity index (χ3v) is 3.21. The molecule has 0 aromatic carbocycles. The van der Waals surface area contributed by atoms with Crippen molar-refractivity contribution < 1.29 is 0 Å². The second kappa shape index (κ2) is 4.47. The van der Waals surface area contributed by atoms with E-state index in [4.69, 9.17) is 0 Å². The molecule has 84 valence electrons. The maximum atomic E-state index is 4.33. The third kappa shape index (κ3) is 3.16. The number of hydrogen-bond donors (Lipinski definition) is 0. The molecule has 0 N–H and O–H groups in total. The highest BCUT2D eigenvalue weighted by Crippen LogP contribution is 2.25. The largest absolute Gasteiger partial charge is 0.355 e. The summed E-state index contributed by atoms with van der Waals surface area (Å²) < 4.78 is 0.767. The molecular formula is C11H18BrN3. The highest BCUT2D eigenvalue weighted by molar-refractivity contribution is 9.10. The summed E-state index contributed by atoms with van der Waals surface area (Å²) in [5.41, 5.74) is 0.226. The second-order valence-corrected chi connectivity index (χ2v) is 5.66. The van der Waals surface area contributed by atoms with Gasteiger partial charge in [0.2, 0.25) is 0 Å². The Morgan fingerprint density at radius 2 is 1.87 bits per heavy atom. The molecule has 1 unspecified atom stereocenters. The van der Waals surface area contributed by atoms with Crippen LogP contribution in [0.1, 0.15) is 27.7 Å². The van der Waals surface area contributed by atoms with Gasteiger partial charge in [0.05, 0.1) is 12.4 Å². The minimum Gasteiger partial charge on any atom is -0.355 e. The molecule has 0 aliphatic carbocycles. The lowest BCUT2D eigenvalue weighted by atomic mass is 9.87. The molecule has 1 rings (SSSR count). The topological polar surface area (TPSA) is 29.0 Å². The van der Waals surface area contributed by atoms with E-state index in [1.807, 2.05) is 7.05 Å². The first-order chi connectivity index (χ1) is 6.82. The van der Waals surface area contributed by atoms with Gasteiger partial charge in [-0.05, 0) is 28.3 Å². The summed E-state index contributed by atoms with van der Waals surface area (Å²) in [5, 5.41) is 0. The van der Waals surface area contributed by atoms with Crippen molar-refractivity contribution in [3.05, 3.63) is 17.0 Å². The lowest BCUT2D eigenvalue weighted by Gasteiger charge is -2.35. The molecule has 1 aromatic heterocycles. The van der Waals surface area contributed by atoms with Crippen molar-refractivity contribution in [3.8, 4) is 0 Å². The van der Waals surface area contributed by atoms with Gasteiger partial charge in [0.25, 0.3) is 0 Å². The van der Waals surface area contributed by atoms with Gasteiger partial charge in [0, 0.05) is 13.1 Å². The zero-order chi connectivity index (χ0) is 11.6. The number of rotatable bonds is 2. The molecule has 3 nitrogen and oxygen atoms in total. The first kappa shape index (κ1) is 12.4. The monoisotopic (exact) mass is 271 g/mol. The van der Waals surface area contributed by atoms with Gasteiger partial charge in [0.1, 0.15) is 10.4 Å². The van der Waals surface area contributed by atoms with E-state index < -0.39 is 0 Å². The summed E-state index contributed by atoms with van der Waals surface area (Å²) in [7, 11) is 2.05. The molecule has 0 spiro atoms. The van der Waals surface area contributed by atoms with Gasteiger partial charge >= 0.3 is 0 Å². The highest BCUT2D eigenvalue weighted by atomic mass is 79.9. The summed E-state index contributed by atoms with van der Waals surface area (Å²) >= 11 is 3.28. The standard InChI is InChI=1S/C11H18BrN3/c1-8(11(2,3)4)15(5)10-7-13-9(12)6-14-10/h6-8H,1-5H3. The van der Waals surface area contributed by atoms with Gasteiger partial charge in [-0.25, -0.2) is 9.97 Å². The fourth-order valence-electron chi connectivity index (χ4n) is 1.27. The maximum Gasteiger partial charge on any atom is 0.147 e. The molecule has 1 heterocycles. The van der Waals surface area contributed by atoms with Crippen LogP contribution in [0.25, 0.3) is 0 Å². The van der Waals surface area contributed by atoms with Crippen LogP contribution >= 0.6 is 15.9 Å². The quantitative estimate of drug-likeness (QED) is 0.828. The van der Waals surface area contributed by atoms with Crippen LogP contribution in [-0.4, -0.2) is 23.1 Å². The van der Waals surface area contributed by atoms with Gasteiger partial charge in [-0.1, -0.05) is 20.8 Å². The normalized spacial score (nSPS) is 13.7. The number of hydrogen-bond acceptors (Lipinski definition) is 3. The predicted molar refractivity (Wildman–Crippen MR) is 67.1 cm³/mol. The molecule has 15 heavy (non-hydrogen) atoms. The Labute approximate surface area is 100 Å². The first-order valence-electron chi connectivity index (χ1n) is 5.02. The Morgan fingerprint density at radius 3 is 2.27 bits per heavy atom. The van der Waals surface area contributed by atoms with Gasteiger partial charge in [-0.15, -0.1) is 0 Å². The fraction of sp³-hybridized carbons (Fsp3) is 0.636. The average Bonchev–Trinajstić information content (AvgIpc) is 2.15. The molecular weight excluding hydrogens is 254 g/mol. The van der Waals surface area contributed by atoms with Crippen molar-refractivity contribution in [3.63, 3.8) is 0 Å². The Kier molecular flexibility index (Phi) is 3.71. The molecule has 0 aliphatic rings. The Morgan fingerprint density at radius 1 is 1.27 bits per heavy atom. The van der Waals surface area contributed by atoms with E-state index in [2.05, 4.69) is 58.5 Å². The van der Waals surface area contributed by atoms with Gasteiger partial charge in [0.15, 0.2) is 0 Å². The molecule has 0 radical (unpaired) electrons. The second-order valence-electron chi connectivity index (χ2n) is 4.85. The van der Waals surface area contributed by atoms with Crippen molar-refractivity contribution in [2.45, 2.75) is 33.7 Å². The van der Waals surface area contributed by atoms with Crippen molar-refractivity contribution in [1.29, 1.82) is 0 Å². The molecule has 0 saturated carbocycles. The van der Waals surface area contributed by atoms with E-state index in [-0.39, 0.29) is 5.41 Å². The molecule has 0 saturated heterocycles. The number of nitrogens with zero attached hydrogens (tertiary/aromatic N) is 3. The summed E-state index contributed by atoms with van der Waals surface area (Å²) in [6, 6.07) is 0.410. The smallest absolute Gasteiger partial charge is 0.147 e. The zero-order valence-corrected chi connectivity index (χ0v) is 11.5. The van der Waals surface area contributed by atoms with Gasteiger partial charge in [-0.3, -0.25) is 0 Å². The van der Waals surface area contributed by atoms with Crippen LogP contribution in [0.2, 0.25) is 0 Å². The van der Waals surface area contributed by atoms with Crippen LogP contribution in [0.3, 0.4) is 0 Å². The van der Waals surface area contributed by atoms with E-state index in [1.54, 1.807) is 12.4 Å². The van der Waals surface area contributed by atoms with Crippen molar-refractivity contribution in [2.24, 2.45) is 5.41 Å². The Hall–Kier alpha value is -0.640. The minimum absolute atomic E-state index is 0.226. The average molecular weight is 272 g/mol. The lowest BCUT2D eigenvalue weighted by molar-refractivity contribution is 0.328. The fourth-order valence-corrected chi connectivity index (χ4v) is 1.47. The summed E-state index contributed by atoms with van der Waals surface area (Å²) in [6.45, 7) is 8.87. The number of anilines is 1. The van der Waals surface area contributed by atoms with E-state index in [0.29, 0.717) is 6.04 Å². The molecule has 1 atom stereocenters.